The van der Waals surface area contributed by atoms with Crippen LogP contribution in [0, 0.1) is 6.92 Å². The number of likely N-dealkylation sites (tertiary alicyclic amines) is 1. The van der Waals surface area contributed by atoms with Gasteiger partial charge in [-0.25, -0.2) is 8.78 Å². The number of anilines is 1. The number of allylic oxidation sites excluding steroid dienone is 2. The molecule has 204 valence electrons. The van der Waals surface area contributed by atoms with Gasteiger partial charge < -0.3 is 15.2 Å². The van der Waals surface area contributed by atoms with Crippen LogP contribution in [0.3, 0.4) is 0 Å². The maximum Gasteiger partial charge on any atom is 0.272 e. The number of hydrogen-bond donors (Lipinski definition) is 2. The van der Waals surface area contributed by atoms with E-state index < -0.39 is 5.92 Å². The van der Waals surface area contributed by atoms with Gasteiger partial charge in [-0.1, -0.05) is 18.2 Å². The third kappa shape index (κ3) is 5.55. The van der Waals surface area contributed by atoms with Crippen LogP contribution in [-0.4, -0.2) is 53.4 Å². The fraction of sp³-hybridized carbons (Fsp3) is 0.533. The maximum atomic E-state index is 13.4. The Morgan fingerprint density at radius 2 is 1.84 bits per heavy atom. The summed E-state index contributed by atoms with van der Waals surface area (Å²) in [6.45, 7) is 4.79. The molecule has 1 aliphatic carbocycles. The van der Waals surface area contributed by atoms with Gasteiger partial charge in [0.25, 0.3) is 17.4 Å². The van der Waals surface area contributed by atoms with Crippen LogP contribution in [-0.2, 0) is 19.4 Å². The molecule has 5 rings (SSSR count). The number of nitrogens with one attached hydrogen (secondary N) is 2. The van der Waals surface area contributed by atoms with E-state index in [4.69, 9.17) is 0 Å². The highest BCUT2D eigenvalue weighted by Gasteiger charge is 2.47. The summed E-state index contributed by atoms with van der Waals surface area (Å²) in [7, 11) is 0. The van der Waals surface area contributed by atoms with Crippen LogP contribution >= 0.6 is 0 Å². The number of hydrogen-bond acceptors (Lipinski definition) is 4. The normalized spacial score (nSPS) is 24.6. The molecule has 2 aromatic rings. The molecule has 0 radical (unpaired) electrons. The smallest absolute Gasteiger partial charge is 0.272 e. The molecule has 0 spiro atoms. The number of rotatable bonds is 4. The number of carbonyl (C=O) groups excluding carboxylic acids is 1. The number of pyridine rings is 1. The number of nitrogens with zero attached hydrogens (tertiary/aromatic N) is 2. The quantitative estimate of drug-likeness (QED) is 0.567. The van der Waals surface area contributed by atoms with E-state index in [0.717, 1.165) is 67.6 Å². The molecule has 1 amide bonds. The van der Waals surface area contributed by atoms with Gasteiger partial charge in [0.2, 0.25) is 0 Å². The summed E-state index contributed by atoms with van der Waals surface area (Å²) < 4.78 is 26.8. The predicted octanol–water partition coefficient (Wildman–Crippen LogP) is 4.75. The van der Waals surface area contributed by atoms with Gasteiger partial charge in [-0.3, -0.25) is 14.5 Å². The minimum Gasteiger partial charge on any atom is -0.369 e. The second-order valence-corrected chi connectivity index (χ2v) is 11.0. The molecule has 8 heteroatoms. The fourth-order valence-electron chi connectivity index (χ4n) is 6.46. The second kappa shape index (κ2) is 11.0. The molecule has 2 aliphatic heterocycles. The molecule has 2 N–H and O–H groups in total. The zero-order chi connectivity index (χ0) is 26.9. The highest BCUT2D eigenvalue weighted by atomic mass is 19.3. The van der Waals surface area contributed by atoms with Crippen molar-refractivity contribution >= 4 is 11.6 Å². The third-order valence-electron chi connectivity index (χ3n) is 8.40. The molecule has 0 bridgehead atoms. The van der Waals surface area contributed by atoms with Crippen molar-refractivity contribution in [1.82, 2.24) is 15.2 Å². The Morgan fingerprint density at radius 3 is 2.55 bits per heavy atom. The highest BCUT2D eigenvalue weighted by molar-refractivity contribution is 5.97. The summed E-state index contributed by atoms with van der Waals surface area (Å²) in [5.41, 5.74) is 4.95. The molecule has 0 unspecified atom stereocenters. The molecule has 1 saturated heterocycles. The van der Waals surface area contributed by atoms with E-state index in [9.17, 15) is 18.4 Å². The van der Waals surface area contributed by atoms with Crippen LogP contribution in [0.4, 0.5) is 14.5 Å². The Kier molecular flexibility index (Phi) is 7.70. The highest BCUT2D eigenvalue weighted by Crippen LogP contribution is 2.37. The summed E-state index contributed by atoms with van der Waals surface area (Å²) >= 11 is 0. The van der Waals surface area contributed by atoms with Crippen molar-refractivity contribution in [2.45, 2.75) is 83.3 Å². The van der Waals surface area contributed by atoms with Gasteiger partial charge in [0, 0.05) is 47.7 Å². The molecular weight excluding hydrogens is 486 g/mol. The van der Waals surface area contributed by atoms with Crippen molar-refractivity contribution in [2.24, 2.45) is 0 Å². The number of alkyl halides is 2. The van der Waals surface area contributed by atoms with Crippen LogP contribution < -0.4 is 15.8 Å². The van der Waals surface area contributed by atoms with E-state index >= 15 is 0 Å². The molecule has 1 saturated carbocycles. The average Bonchev–Trinajstić information content (AvgIpc) is 2.87. The molecule has 3 aliphatic rings. The summed E-state index contributed by atoms with van der Waals surface area (Å²) in [5.74, 6) is -2.70. The van der Waals surface area contributed by atoms with Gasteiger partial charge in [-0.2, -0.15) is 0 Å². The van der Waals surface area contributed by atoms with Gasteiger partial charge in [-0.15, -0.1) is 0 Å². The lowest BCUT2D eigenvalue weighted by Crippen LogP contribution is -2.61. The van der Waals surface area contributed by atoms with Gasteiger partial charge in [0.05, 0.1) is 13.1 Å². The van der Waals surface area contributed by atoms with E-state index in [1.165, 1.54) is 0 Å². The van der Waals surface area contributed by atoms with Crippen molar-refractivity contribution in [3.8, 4) is 0 Å². The number of aryl methyl sites for hydroxylation is 2. The van der Waals surface area contributed by atoms with Crippen molar-refractivity contribution in [1.29, 1.82) is 0 Å². The summed E-state index contributed by atoms with van der Waals surface area (Å²) in [4.78, 5) is 33.3. The number of H-pyrrole nitrogens is 1. The molecule has 6 nitrogen and oxygen atoms in total. The number of halogens is 2. The molecule has 0 atom stereocenters. The van der Waals surface area contributed by atoms with Crippen LogP contribution in [0.1, 0.15) is 71.8 Å². The Labute approximate surface area is 223 Å². The van der Waals surface area contributed by atoms with Crippen LogP contribution in [0.5, 0.6) is 0 Å². The fourth-order valence-corrected chi connectivity index (χ4v) is 6.46. The standard InChI is InChI=1S/C30H38F2N4O2/c1-3-36(23-14-12-22(13-15-23)35-18-30(31,32)19-35)27-11-7-10-25-24(27)9-6-4-5-8-21-16-20(2)34-29(38)26(21)17-33-28(25)37/h4,6-7,10-11,16,22-23H,3,5,8-9,12-15,17-19H2,1-2H3,(H,33,37)(H,34,38)/b6-4+/t22-,23-. The first-order valence-corrected chi connectivity index (χ1v) is 13.9. The van der Waals surface area contributed by atoms with Crippen LogP contribution in [0.2, 0.25) is 0 Å². The molecule has 2 fully saturated rings. The maximum absolute atomic E-state index is 13.4. The lowest BCUT2D eigenvalue weighted by atomic mass is 9.86. The van der Waals surface area contributed by atoms with Gasteiger partial charge in [0.15, 0.2) is 0 Å². The summed E-state index contributed by atoms with van der Waals surface area (Å²) in [6.07, 6.45) is 10.2. The van der Waals surface area contributed by atoms with Gasteiger partial charge >= 0.3 is 0 Å². The van der Waals surface area contributed by atoms with E-state index in [1.54, 1.807) is 0 Å². The minimum atomic E-state index is -2.52. The number of benzene rings is 1. The van der Waals surface area contributed by atoms with Gasteiger partial charge in [-0.05, 0) is 88.1 Å². The first-order valence-electron chi connectivity index (χ1n) is 13.9. The molecule has 1 aromatic heterocycles. The molecule has 1 aromatic carbocycles. The zero-order valence-electron chi connectivity index (χ0n) is 22.4. The lowest BCUT2D eigenvalue weighted by Gasteiger charge is -2.47. The van der Waals surface area contributed by atoms with E-state index in [0.29, 0.717) is 23.6 Å². The largest absolute Gasteiger partial charge is 0.369 e. The Balaban J connectivity index is 1.37. The van der Waals surface area contributed by atoms with Crippen molar-refractivity contribution in [3.63, 3.8) is 0 Å². The van der Waals surface area contributed by atoms with Crippen molar-refractivity contribution in [2.75, 3.05) is 24.5 Å². The Hall–Kier alpha value is -3.00. The van der Waals surface area contributed by atoms with Crippen molar-refractivity contribution in [3.05, 3.63) is 74.7 Å². The summed E-state index contributed by atoms with van der Waals surface area (Å²) in [6, 6.07) is 8.44. The predicted molar refractivity (Wildman–Crippen MR) is 146 cm³/mol. The monoisotopic (exact) mass is 524 g/mol. The van der Waals surface area contributed by atoms with E-state index in [2.05, 4.69) is 40.3 Å². The van der Waals surface area contributed by atoms with Crippen LogP contribution in [0.15, 0.2) is 41.2 Å². The zero-order valence-corrected chi connectivity index (χ0v) is 22.4. The Morgan fingerprint density at radius 1 is 1.08 bits per heavy atom. The number of amides is 1. The number of aromatic amines is 1. The molecular formula is C30H38F2N4O2. The minimum absolute atomic E-state index is 0.108. The first-order chi connectivity index (χ1) is 18.3. The summed E-state index contributed by atoms with van der Waals surface area (Å²) in [5, 5.41) is 3.01. The van der Waals surface area contributed by atoms with E-state index in [-0.39, 0.29) is 37.1 Å². The topological polar surface area (TPSA) is 68.4 Å². The second-order valence-electron chi connectivity index (χ2n) is 11.0. The number of fused-ring (bicyclic) bond motifs is 2. The Bertz CT molecular complexity index is 1260. The average molecular weight is 525 g/mol. The number of aromatic nitrogens is 1. The SMILES string of the molecule is CCN(c1cccc2c1C/C=C/CCc1cc(C)[nH]c(=O)c1CNC2=O)[C@H]1CC[C@H](N2CC(F)(F)C2)CC1. The molecule has 3 heterocycles. The van der Waals surface area contributed by atoms with E-state index in [1.807, 2.05) is 30.0 Å². The van der Waals surface area contributed by atoms with Gasteiger partial charge in [0.1, 0.15) is 0 Å². The third-order valence-corrected chi connectivity index (χ3v) is 8.40. The van der Waals surface area contributed by atoms with Crippen LogP contribution in [0.25, 0.3) is 0 Å². The lowest BCUT2D eigenvalue weighted by molar-refractivity contribution is -0.149. The van der Waals surface area contributed by atoms with Crippen molar-refractivity contribution < 1.29 is 13.6 Å². The molecule has 38 heavy (non-hydrogen) atoms. The first kappa shape index (κ1) is 26.6. The number of carbonyl (C=O) groups is 1.